The van der Waals surface area contributed by atoms with Gasteiger partial charge in [-0.25, -0.2) is 0 Å². The maximum atomic E-state index is 10.4. The molecule has 118 valence electrons. The summed E-state index contributed by atoms with van der Waals surface area (Å²) in [6, 6.07) is 0.400. The molecular weight excluding hydrogens is 256 g/mol. The van der Waals surface area contributed by atoms with Gasteiger partial charge in [0.15, 0.2) is 0 Å². The summed E-state index contributed by atoms with van der Waals surface area (Å²) in [5, 5.41) is 23.2. The maximum absolute atomic E-state index is 10.4. The lowest BCUT2D eigenvalue weighted by Crippen LogP contribution is -2.53. The standard InChI is InChI=1S/C15H30N2O3/c1-10(2)16-8-12-14(15(19)13(9-18)20-12)17-6-4-11(3)5-7-17/h10-16,18-19H,4-9H2,1-3H3. The van der Waals surface area contributed by atoms with Crippen LogP contribution >= 0.6 is 0 Å². The van der Waals surface area contributed by atoms with Crippen LogP contribution in [0.3, 0.4) is 0 Å². The lowest BCUT2D eigenvalue weighted by molar-refractivity contribution is -0.0216. The summed E-state index contributed by atoms with van der Waals surface area (Å²) >= 11 is 0. The molecule has 0 spiro atoms. The first-order valence-electron chi connectivity index (χ1n) is 7.94. The molecular formula is C15H30N2O3. The summed E-state index contributed by atoms with van der Waals surface area (Å²) in [7, 11) is 0. The third-order valence-corrected chi connectivity index (χ3v) is 4.61. The molecule has 0 radical (unpaired) electrons. The first kappa shape index (κ1) is 16.2. The largest absolute Gasteiger partial charge is 0.394 e. The van der Waals surface area contributed by atoms with Gasteiger partial charge in [0.2, 0.25) is 0 Å². The Morgan fingerprint density at radius 2 is 1.90 bits per heavy atom. The van der Waals surface area contributed by atoms with E-state index in [1.165, 1.54) is 12.8 Å². The summed E-state index contributed by atoms with van der Waals surface area (Å²) in [5.74, 6) is 0.770. The van der Waals surface area contributed by atoms with E-state index < -0.39 is 12.2 Å². The highest BCUT2D eigenvalue weighted by atomic mass is 16.5. The first-order valence-corrected chi connectivity index (χ1v) is 7.94. The lowest BCUT2D eigenvalue weighted by atomic mass is 9.94. The second kappa shape index (κ2) is 7.18. The number of aliphatic hydroxyl groups excluding tert-OH is 2. The number of nitrogens with one attached hydrogen (secondary N) is 1. The Hall–Kier alpha value is -0.200. The van der Waals surface area contributed by atoms with Crippen LogP contribution in [0, 0.1) is 5.92 Å². The molecule has 20 heavy (non-hydrogen) atoms. The number of piperidine rings is 1. The minimum absolute atomic E-state index is 0.00546. The van der Waals surface area contributed by atoms with E-state index in [4.69, 9.17) is 4.74 Å². The Bertz CT molecular complexity index is 293. The molecule has 2 aliphatic rings. The van der Waals surface area contributed by atoms with Crippen molar-refractivity contribution in [3.63, 3.8) is 0 Å². The smallest absolute Gasteiger partial charge is 0.109 e. The number of ether oxygens (including phenoxy) is 1. The maximum Gasteiger partial charge on any atom is 0.109 e. The van der Waals surface area contributed by atoms with E-state index in [0.717, 1.165) is 25.6 Å². The minimum atomic E-state index is -0.590. The highest BCUT2D eigenvalue weighted by Crippen LogP contribution is 2.29. The van der Waals surface area contributed by atoms with Crippen molar-refractivity contribution >= 4 is 0 Å². The molecule has 0 aliphatic carbocycles. The van der Waals surface area contributed by atoms with Crippen molar-refractivity contribution in [2.75, 3.05) is 26.2 Å². The molecule has 5 nitrogen and oxygen atoms in total. The third kappa shape index (κ3) is 3.71. The van der Waals surface area contributed by atoms with Crippen LogP contribution in [-0.2, 0) is 4.74 Å². The van der Waals surface area contributed by atoms with E-state index in [2.05, 4.69) is 31.0 Å². The fourth-order valence-corrected chi connectivity index (χ4v) is 3.27. The van der Waals surface area contributed by atoms with Crippen molar-refractivity contribution in [2.24, 2.45) is 5.92 Å². The van der Waals surface area contributed by atoms with E-state index in [1.807, 2.05) is 0 Å². The van der Waals surface area contributed by atoms with Crippen LogP contribution in [0.2, 0.25) is 0 Å². The SMILES string of the molecule is CC1CCN(C2C(CNC(C)C)OC(CO)C2O)CC1. The predicted octanol–water partition coefficient (Wildman–Crippen LogP) is 0.206. The fraction of sp³-hybridized carbons (Fsp3) is 1.00. The fourth-order valence-electron chi connectivity index (χ4n) is 3.27. The van der Waals surface area contributed by atoms with Gasteiger partial charge in [0.25, 0.3) is 0 Å². The summed E-state index contributed by atoms with van der Waals surface area (Å²) in [6.45, 7) is 9.14. The zero-order valence-electron chi connectivity index (χ0n) is 13.0. The molecule has 2 heterocycles. The average molecular weight is 286 g/mol. The van der Waals surface area contributed by atoms with E-state index >= 15 is 0 Å². The Balaban J connectivity index is 2.00. The molecule has 0 aromatic carbocycles. The molecule has 4 unspecified atom stereocenters. The highest BCUT2D eigenvalue weighted by molar-refractivity contribution is 4.98. The number of hydrogen-bond acceptors (Lipinski definition) is 5. The Morgan fingerprint density at radius 3 is 2.45 bits per heavy atom. The van der Waals surface area contributed by atoms with Crippen LogP contribution in [-0.4, -0.2) is 71.7 Å². The van der Waals surface area contributed by atoms with E-state index in [0.29, 0.717) is 6.04 Å². The topological polar surface area (TPSA) is 65.0 Å². The molecule has 2 rings (SSSR count). The minimum Gasteiger partial charge on any atom is -0.394 e. The van der Waals surface area contributed by atoms with Crippen LogP contribution < -0.4 is 5.32 Å². The number of nitrogens with zero attached hydrogens (tertiary/aromatic N) is 1. The van der Waals surface area contributed by atoms with Crippen LogP contribution in [0.5, 0.6) is 0 Å². The van der Waals surface area contributed by atoms with Gasteiger partial charge in [-0.15, -0.1) is 0 Å². The van der Waals surface area contributed by atoms with Crippen molar-refractivity contribution < 1.29 is 14.9 Å². The van der Waals surface area contributed by atoms with Crippen molar-refractivity contribution in [3.8, 4) is 0 Å². The Morgan fingerprint density at radius 1 is 1.25 bits per heavy atom. The Kier molecular flexibility index (Phi) is 5.81. The summed E-state index contributed by atoms with van der Waals surface area (Å²) in [6.07, 6.45) is 1.28. The van der Waals surface area contributed by atoms with Gasteiger partial charge in [0, 0.05) is 12.6 Å². The molecule has 3 N–H and O–H groups in total. The zero-order chi connectivity index (χ0) is 14.7. The summed E-state index contributed by atoms with van der Waals surface area (Å²) in [4.78, 5) is 2.35. The van der Waals surface area contributed by atoms with Crippen molar-refractivity contribution in [2.45, 2.75) is 64.0 Å². The first-order chi connectivity index (χ1) is 9.52. The molecule has 2 fully saturated rings. The van der Waals surface area contributed by atoms with E-state index in [1.54, 1.807) is 0 Å². The summed E-state index contributed by atoms with van der Waals surface area (Å²) in [5.41, 5.74) is 0. The van der Waals surface area contributed by atoms with Gasteiger partial charge in [0.1, 0.15) is 12.2 Å². The van der Waals surface area contributed by atoms with Gasteiger partial charge in [0.05, 0.1) is 18.8 Å². The number of rotatable bonds is 5. The van der Waals surface area contributed by atoms with E-state index in [-0.39, 0.29) is 18.8 Å². The highest BCUT2D eigenvalue weighted by Gasteiger charge is 2.46. The van der Waals surface area contributed by atoms with Crippen LogP contribution in [0.15, 0.2) is 0 Å². The molecule has 4 atom stereocenters. The quantitative estimate of drug-likeness (QED) is 0.674. The molecule has 5 heteroatoms. The van der Waals surface area contributed by atoms with Crippen molar-refractivity contribution in [1.82, 2.24) is 10.2 Å². The van der Waals surface area contributed by atoms with Gasteiger partial charge in [-0.1, -0.05) is 20.8 Å². The average Bonchev–Trinajstić information content (AvgIpc) is 2.74. The number of likely N-dealkylation sites (tertiary alicyclic amines) is 1. The van der Waals surface area contributed by atoms with E-state index in [9.17, 15) is 10.2 Å². The van der Waals surface area contributed by atoms with Gasteiger partial charge in [-0.3, -0.25) is 4.90 Å². The van der Waals surface area contributed by atoms with Gasteiger partial charge >= 0.3 is 0 Å². The number of aliphatic hydroxyl groups is 2. The van der Waals surface area contributed by atoms with Crippen LogP contribution in [0.25, 0.3) is 0 Å². The van der Waals surface area contributed by atoms with Crippen molar-refractivity contribution in [3.05, 3.63) is 0 Å². The molecule has 2 saturated heterocycles. The molecule has 0 amide bonds. The van der Waals surface area contributed by atoms with Gasteiger partial charge in [-0.05, 0) is 31.8 Å². The molecule has 0 bridgehead atoms. The van der Waals surface area contributed by atoms with Crippen molar-refractivity contribution in [1.29, 1.82) is 0 Å². The number of hydrogen-bond donors (Lipinski definition) is 3. The molecule has 2 aliphatic heterocycles. The van der Waals surface area contributed by atoms with Gasteiger partial charge < -0.3 is 20.3 Å². The second-order valence-corrected chi connectivity index (χ2v) is 6.66. The summed E-state index contributed by atoms with van der Waals surface area (Å²) < 4.78 is 5.86. The third-order valence-electron chi connectivity index (χ3n) is 4.61. The molecule has 0 aromatic heterocycles. The second-order valence-electron chi connectivity index (χ2n) is 6.66. The predicted molar refractivity (Wildman–Crippen MR) is 78.7 cm³/mol. The normalized spacial score (nSPS) is 36.9. The molecule has 0 saturated carbocycles. The zero-order valence-corrected chi connectivity index (χ0v) is 13.0. The van der Waals surface area contributed by atoms with Crippen LogP contribution in [0.4, 0.5) is 0 Å². The Labute approximate surface area is 122 Å². The van der Waals surface area contributed by atoms with Crippen LogP contribution in [0.1, 0.15) is 33.6 Å². The molecule has 0 aromatic rings. The monoisotopic (exact) mass is 286 g/mol. The lowest BCUT2D eigenvalue weighted by Gasteiger charge is -2.38. The van der Waals surface area contributed by atoms with Gasteiger partial charge in [-0.2, -0.15) is 0 Å².